The molecule has 30 heavy (non-hydrogen) atoms. The number of hydrogen-bond acceptors (Lipinski definition) is 5. The maximum Gasteiger partial charge on any atom is 0.253 e. The van der Waals surface area contributed by atoms with Crippen LogP contribution in [0.2, 0.25) is 0 Å². The minimum absolute atomic E-state index is 0.325. The fraction of sp³-hybridized carbons (Fsp3) is 0.136. The van der Waals surface area contributed by atoms with Crippen LogP contribution in [-0.4, -0.2) is 35.1 Å². The number of aromatic nitrogens is 3. The number of hydrogen-bond donors (Lipinski definition) is 1. The summed E-state index contributed by atoms with van der Waals surface area (Å²) in [6.45, 7) is 0. The molecule has 3 aromatic carbocycles. The van der Waals surface area contributed by atoms with Gasteiger partial charge in [0.25, 0.3) is 5.91 Å². The third kappa shape index (κ3) is 3.67. The lowest BCUT2D eigenvalue weighted by atomic mass is 10.1. The molecule has 8 heteroatoms. The lowest BCUT2D eigenvalue weighted by Gasteiger charge is -2.21. The predicted molar refractivity (Wildman–Crippen MR) is 109 cm³/mol. The maximum atomic E-state index is 13.3. The molecule has 0 fully saturated rings. The molecule has 7 nitrogen and oxygen atoms in total. The summed E-state index contributed by atoms with van der Waals surface area (Å²) in [7, 11) is 3.09. The van der Waals surface area contributed by atoms with E-state index in [0.717, 1.165) is 5.52 Å². The van der Waals surface area contributed by atoms with Crippen molar-refractivity contribution in [1.29, 1.82) is 0 Å². The van der Waals surface area contributed by atoms with Gasteiger partial charge in [-0.15, -0.1) is 5.10 Å². The number of fused-ring (bicyclic) bond motifs is 1. The number of amides is 1. The Morgan fingerprint density at radius 2 is 1.73 bits per heavy atom. The third-order valence-corrected chi connectivity index (χ3v) is 4.72. The fourth-order valence-electron chi connectivity index (χ4n) is 3.20. The van der Waals surface area contributed by atoms with Gasteiger partial charge in [-0.3, -0.25) is 4.79 Å². The standard InChI is InChI=1S/C22H19FN4O3/c1-29-19-12-9-15(13-20(19)30-2)21(24-22(28)14-7-10-16(23)11-8-14)27-18-6-4-3-5-17(18)25-26-27/h3-13,21H,1-2H3,(H,24,28)/t21-/m1/s1. The van der Waals surface area contributed by atoms with E-state index in [4.69, 9.17) is 9.47 Å². The Bertz CT molecular complexity index is 1190. The van der Waals surface area contributed by atoms with Gasteiger partial charge < -0.3 is 14.8 Å². The van der Waals surface area contributed by atoms with Gasteiger partial charge >= 0.3 is 0 Å². The van der Waals surface area contributed by atoms with Crippen molar-refractivity contribution in [3.63, 3.8) is 0 Å². The quantitative estimate of drug-likeness (QED) is 0.530. The first-order valence-corrected chi connectivity index (χ1v) is 9.19. The highest BCUT2D eigenvalue weighted by Gasteiger charge is 2.22. The van der Waals surface area contributed by atoms with E-state index in [2.05, 4.69) is 15.6 Å². The van der Waals surface area contributed by atoms with Gasteiger partial charge in [0.15, 0.2) is 17.7 Å². The number of carbonyl (C=O) groups is 1. The van der Waals surface area contributed by atoms with E-state index in [1.807, 2.05) is 30.3 Å². The van der Waals surface area contributed by atoms with Crippen molar-refractivity contribution in [3.8, 4) is 11.5 Å². The van der Waals surface area contributed by atoms with Crippen LogP contribution in [0.4, 0.5) is 4.39 Å². The Labute approximate surface area is 172 Å². The van der Waals surface area contributed by atoms with Crippen LogP contribution in [0.3, 0.4) is 0 Å². The number of methoxy groups -OCH3 is 2. The lowest BCUT2D eigenvalue weighted by molar-refractivity contribution is 0.0927. The molecular formula is C22H19FN4O3. The molecule has 4 rings (SSSR count). The minimum Gasteiger partial charge on any atom is -0.493 e. The van der Waals surface area contributed by atoms with E-state index in [1.54, 1.807) is 31.0 Å². The molecule has 0 spiro atoms. The number of nitrogens with zero attached hydrogens (tertiary/aromatic N) is 3. The Hall–Kier alpha value is -3.94. The second-order valence-corrected chi connectivity index (χ2v) is 6.52. The fourth-order valence-corrected chi connectivity index (χ4v) is 3.20. The molecule has 0 saturated carbocycles. The molecule has 0 unspecified atom stereocenters. The van der Waals surface area contributed by atoms with Gasteiger partial charge in [-0.25, -0.2) is 9.07 Å². The first kappa shape index (κ1) is 19.4. The highest BCUT2D eigenvalue weighted by atomic mass is 19.1. The van der Waals surface area contributed by atoms with Crippen molar-refractivity contribution in [2.24, 2.45) is 0 Å². The zero-order chi connectivity index (χ0) is 21.1. The molecule has 4 aromatic rings. The number of para-hydroxylation sites is 1. The van der Waals surface area contributed by atoms with Crippen molar-refractivity contribution >= 4 is 16.9 Å². The molecule has 1 atom stereocenters. The maximum absolute atomic E-state index is 13.3. The number of benzene rings is 3. The highest BCUT2D eigenvalue weighted by molar-refractivity contribution is 5.94. The zero-order valence-corrected chi connectivity index (χ0v) is 16.4. The van der Waals surface area contributed by atoms with Crippen LogP contribution in [0.25, 0.3) is 11.0 Å². The SMILES string of the molecule is COc1ccc([C@H](NC(=O)c2ccc(F)cc2)n2nnc3ccccc32)cc1OC. The molecule has 0 bridgehead atoms. The molecule has 1 amide bonds. The summed E-state index contributed by atoms with van der Waals surface area (Å²) in [6.07, 6.45) is -0.685. The number of rotatable bonds is 6. The highest BCUT2D eigenvalue weighted by Crippen LogP contribution is 2.31. The summed E-state index contributed by atoms with van der Waals surface area (Å²) >= 11 is 0. The van der Waals surface area contributed by atoms with Gasteiger partial charge in [-0.2, -0.15) is 0 Å². The largest absolute Gasteiger partial charge is 0.493 e. The van der Waals surface area contributed by atoms with Crippen LogP contribution < -0.4 is 14.8 Å². The minimum atomic E-state index is -0.685. The topological polar surface area (TPSA) is 78.3 Å². The Morgan fingerprint density at radius 1 is 1.00 bits per heavy atom. The molecule has 152 valence electrons. The van der Waals surface area contributed by atoms with Crippen LogP contribution in [-0.2, 0) is 0 Å². The average Bonchev–Trinajstić information content (AvgIpc) is 3.21. The second-order valence-electron chi connectivity index (χ2n) is 6.52. The summed E-state index contributed by atoms with van der Waals surface area (Å²) in [5.74, 6) is 0.286. The van der Waals surface area contributed by atoms with E-state index in [-0.39, 0.29) is 5.91 Å². The molecule has 0 saturated heterocycles. The molecule has 0 aliphatic heterocycles. The lowest BCUT2D eigenvalue weighted by Crippen LogP contribution is -2.34. The van der Waals surface area contributed by atoms with Crippen molar-refractivity contribution < 1.29 is 18.7 Å². The van der Waals surface area contributed by atoms with E-state index in [0.29, 0.717) is 28.1 Å². The number of ether oxygens (including phenoxy) is 2. The Morgan fingerprint density at radius 3 is 2.47 bits per heavy atom. The van der Waals surface area contributed by atoms with Gasteiger partial charge in [0.1, 0.15) is 11.3 Å². The predicted octanol–water partition coefficient (Wildman–Crippen LogP) is 3.56. The summed E-state index contributed by atoms with van der Waals surface area (Å²) in [4.78, 5) is 12.9. The normalized spacial score (nSPS) is 11.8. The van der Waals surface area contributed by atoms with Crippen LogP contribution >= 0.6 is 0 Å². The van der Waals surface area contributed by atoms with Gasteiger partial charge in [-0.1, -0.05) is 23.4 Å². The summed E-state index contributed by atoms with van der Waals surface area (Å²) in [5, 5.41) is 11.4. The monoisotopic (exact) mass is 406 g/mol. The number of halogens is 1. The molecule has 0 aliphatic rings. The molecular weight excluding hydrogens is 387 g/mol. The van der Waals surface area contributed by atoms with Crippen LogP contribution in [0.1, 0.15) is 22.1 Å². The number of nitrogens with one attached hydrogen (secondary N) is 1. The van der Waals surface area contributed by atoms with Crippen molar-refractivity contribution in [1.82, 2.24) is 20.3 Å². The van der Waals surface area contributed by atoms with E-state index in [9.17, 15) is 9.18 Å². The van der Waals surface area contributed by atoms with E-state index in [1.165, 1.54) is 24.3 Å². The molecule has 1 aromatic heterocycles. The zero-order valence-electron chi connectivity index (χ0n) is 16.4. The second kappa shape index (κ2) is 8.20. The summed E-state index contributed by atoms with van der Waals surface area (Å²) < 4.78 is 25.6. The van der Waals surface area contributed by atoms with Crippen molar-refractivity contribution in [2.75, 3.05) is 14.2 Å². The van der Waals surface area contributed by atoms with Gasteiger partial charge in [0.2, 0.25) is 0 Å². The van der Waals surface area contributed by atoms with Crippen molar-refractivity contribution in [2.45, 2.75) is 6.17 Å². The van der Waals surface area contributed by atoms with Crippen LogP contribution in [0.5, 0.6) is 11.5 Å². The summed E-state index contributed by atoms with van der Waals surface area (Å²) in [6, 6.07) is 18.1. The Kier molecular flexibility index (Phi) is 5.30. The number of carbonyl (C=O) groups excluding carboxylic acids is 1. The molecule has 0 radical (unpaired) electrons. The van der Waals surface area contributed by atoms with Gasteiger partial charge in [0.05, 0.1) is 19.7 Å². The molecule has 1 N–H and O–H groups in total. The van der Waals surface area contributed by atoms with E-state index < -0.39 is 12.0 Å². The molecule has 0 aliphatic carbocycles. The first-order chi connectivity index (χ1) is 14.6. The van der Waals surface area contributed by atoms with Crippen molar-refractivity contribution in [3.05, 3.63) is 83.7 Å². The Balaban J connectivity index is 1.79. The smallest absolute Gasteiger partial charge is 0.253 e. The van der Waals surface area contributed by atoms with Crippen LogP contribution in [0.15, 0.2) is 66.7 Å². The molecule has 1 heterocycles. The van der Waals surface area contributed by atoms with Gasteiger partial charge in [0, 0.05) is 11.1 Å². The first-order valence-electron chi connectivity index (χ1n) is 9.19. The average molecular weight is 406 g/mol. The van der Waals surface area contributed by atoms with Crippen LogP contribution in [0, 0.1) is 5.82 Å². The summed E-state index contributed by atoms with van der Waals surface area (Å²) in [5.41, 5.74) is 2.47. The van der Waals surface area contributed by atoms with Gasteiger partial charge in [-0.05, 0) is 48.5 Å². The third-order valence-electron chi connectivity index (χ3n) is 4.72. The van der Waals surface area contributed by atoms with E-state index >= 15 is 0 Å².